The SMILES string of the molecule is CCCC(C)CC1(O)CCOC(CC)C1. The average Bonchev–Trinajstić information content (AvgIpc) is 2.17. The van der Waals surface area contributed by atoms with Gasteiger partial charge in [-0.25, -0.2) is 0 Å². The zero-order valence-electron chi connectivity index (χ0n) is 10.5. The molecule has 0 aromatic rings. The van der Waals surface area contributed by atoms with Crippen molar-refractivity contribution in [1.29, 1.82) is 0 Å². The molecule has 1 aliphatic heterocycles. The predicted octanol–water partition coefficient (Wildman–Crippen LogP) is 3.13. The Balaban J connectivity index is 2.42. The molecule has 2 heteroatoms. The van der Waals surface area contributed by atoms with Gasteiger partial charge in [-0.3, -0.25) is 0 Å². The van der Waals surface area contributed by atoms with E-state index in [1.807, 2.05) is 0 Å². The number of ether oxygens (including phenoxy) is 1. The molecule has 3 atom stereocenters. The fourth-order valence-corrected chi connectivity index (χ4v) is 2.69. The van der Waals surface area contributed by atoms with Crippen molar-refractivity contribution in [3.05, 3.63) is 0 Å². The molecular weight excluding hydrogens is 188 g/mol. The molecule has 0 radical (unpaired) electrons. The Kier molecular flexibility index (Phi) is 5.07. The van der Waals surface area contributed by atoms with Crippen molar-refractivity contribution in [3.8, 4) is 0 Å². The van der Waals surface area contributed by atoms with Crippen LogP contribution in [0.4, 0.5) is 0 Å². The summed E-state index contributed by atoms with van der Waals surface area (Å²) in [5.74, 6) is 0.635. The van der Waals surface area contributed by atoms with Crippen LogP contribution < -0.4 is 0 Å². The van der Waals surface area contributed by atoms with Gasteiger partial charge in [0, 0.05) is 13.0 Å². The zero-order chi connectivity index (χ0) is 11.3. The van der Waals surface area contributed by atoms with Gasteiger partial charge in [0.2, 0.25) is 0 Å². The smallest absolute Gasteiger partial charge is 0.0696 e. The highest BCUT2D eigenvalue weighted by Gasteiger charge is 2.35. The molecule has 3 unspecified atom stereocenters. The predicted molar refractivity (Wildman–Crippen MR) is 62.9 cm³/mol. The number of aliphatic hydroxyl groups is 1. The normalized spacial score (nSPS) is 34.0. The summed E-state index contributed by atoms with van der Waals surface area (Å²) in [5, 5.41) is 10.5. The van der Waals surface area contributed by atoms with Gasteiger partial charge in [0.05, 0.1) is 11.7 Å². The van der Waals surface area contributed by atoms with E-state index in [1.54, 1.807) is 0 Å². The molecular formula is C13H26O2. The quantitative estimate of drug-likeness (QED) is 0.762. The fourth-order valence-electron chi connectivity index (χ4n) is 2.69. The summed E-state index contributed by atoms with van der Waals surface area (Å²) in [4.78, 5) is 0. The van der Waals surface area contributed by atoms with Gasteiger partial charge in [-0.15, -0.1) is 0 Å². The molecule has 1 heterocycles. The highest BCUT2D eigenvalue weighted by molar-refractivity contribution is 4.86. The second kappa shape index (κ2) is 5.86. The molecule has 1 fully saturated rings. The summed E-state index contributed by atoms with van der Waals surface area (Å²) in [7, 11) is 0. The van der Waals surface area contributed by atoms with Gasteiger partial charge in [-0.1, -0.05) is 33.6 Å². The second-order valence-corrected chi connectivity index (χ2v) is 5.18. The molecule has 2 nitrogen and oxygen atoms in total. The van der Waals surface area contributed by atoms with Crippen molar-refractivity contribution in [1.82, 2.24) is 0 Å². The van der Waals surface area contributed by atoms with Crippen LogP contribution in [0, 0.1) is 5.92 Å². The summed E-state index contributed by atoms with van der Waals surface area (Å²) in [6, 6.07) is 0. The van der Waals surface area contributed by atoms with Crippen LogP contribution in [-0.4, -0.2) is 23.4 Å². The van der Waals surface area contributed by atoms with E-state index in [-0.39, 0.29) is 6.10 Å². The Bertz CT molecular complexity index is 181. The molecule has 0 aromatic carbocycles. The summed E-state index contributed by atoms with van der Waals surface area (Å²) in [5.41, 5.74) is -0.451. The highest BCUT2D eigenvalue weighted by Crippen LogP contribution is 2.33. The van der Waals surface area contributed by atoms with Crippen molar-refractivity contribution in [2.24, 2.45) is 5.92 Å². The first kappa shape index (κ1) is 13.0. The molecule has 1 saturated heterocycles. The second-order valence-electron chi connectivity index (χ2n) is 5.18. The largest absolute Gasteiger partial charge is 0.390 e. The molecule has 0 amide bonds. The minimum atomic E-state index is -0.451. The first-order valence-corrected chi connectivity index (χ1v) is 6.43. The van der Waals surface area contributed by atoms with Gasteiger partial charge in [-0.05, 0) is 25.2 Å². The van der Waals surface area contributed by atoms with Gasteiger partial charge < -0.3 is 9.84 Å². The lowest BCUT2D eigenvalue weighted by Gasteiger charge is -2.38. The lowest BCUT2D eigenvalue weighted by Crippen LogP contribution is -2.41. The Morgan fingerprint density at radius 1 is 1.47 bits per heavy atom. The lowest BCUT2D eigenvalue weighted by atomic mass is 9.81. The zero-order valence-corrected chi connectivity index (χ0v) is 10.5. The highest BCUT2D eigenvalue weighted by atomic mass is 16.5. The number of hydrogen-bond acceptors (Lipinski definition) is 2. The molecule has 90 valence electrons. The average molecular weight is 214 g/mol. The lowest BCUT2D eigenvalue weighted by molar-refractivity contribution is -0.113. The molecule has 0 spiro atoms. The van der Waals surface area contributed by atoms with Crippen LogP contribution in [0.25, 0.3) is 0 Å². The van der Waals surface area contributed by atoms with Gasteiger partial charge in [-0.2, -0.15) is 0 Å². The fraction of sp³-hybridized carbons (Fsp3) is 1.00. The van der Waals surface area contributed by atoms with E-state index in [0.717, 1.165) is 32.3 Å². The minimum Gasteiger partial charge on any atom is -0.390 e. The van der Waals surface area contributed by atoms with E-state index in [1.165, 1.54) is 12.8 Å². The van der Waals surface area contributed by atoms with Crippen LogP contribution in [-0.2, 0) is 4.74 Å². The third-order valence-corrected chi connectivity index (χ3v) is 3.49. The Morgan fingerprint density at radius 3 is 2.80 bits per heavy atom. The first-order valence-electron chi connectivity index (χ1n) is 6.43. The van der Waals surface area contributed by atoms with E-state index < -0.39 is 5.60 Å². The third-order valence-electron chi connectivity index (χ3n) is 3.49. The van der Waals surface area contributed by atoms with Crippen molar-refractivity contribution in [3.63, 3.8) is 0 Å². The Morgan fingerprint density at radius 2 is 2.20 bits per heavy atom. The maximum atomic E-state index is 10.5. The standard InChI is InChI=1S/C13H26O2/c1-4-6-11(3)9-13(14)7-8-15-12(5-2)10-13/h11-12,14H,4-10H2,1-3H3. The molecule has 0 saturated carbocycles. The van der Waals surface area contributed by atoms with Crippen LogP contribution in [0.5, 0.6) is 0 Å². The molecule has 0 aromatic heterocycles. The first-order chi connectivity index (χ1) is 7.09. The molecule has 1 aliphatic rings. The van der Waals surface area contributed by atoms with Gasteiger partial charge in [0.25, 0.3) is 0 Å². The van der Waals surface area contributed by atoms with Crippen LogP contribution >= 0.6 is 0 Å². The van der Waals surface area contributed by atoms with Crippen molar-refractivity contribution in [2.45, 2.75) is 71.0 Å². The molecule has 1 N–H and O–H groups in total. The minimum absolute atomic E-state index is 0.276. The topological polar surface area (TPSA) is 29.5 Å². The van der Waals surface area contributed by atoms with Crippen molar-refractivity contribution in [2.75, 3.05) is 6.61 Å². The van der Waals surface area contributed by atoms with Gasteiger partial charge in [0.1, 0.15) is 0 Å². The van der Waals surface area contributed by atoms with Crippen LogP contribution in [0.2, 0.25) is 0 Å². The van der Waals surface area contributed by atoms with E-state index in [9.17, 15) is 5.11 Å². The van der Waals surface area contributed by atoms with Gasteiger partial charge >= 0.3 is 0 Å². The van der Waals surface area contributed by atoms with Crippen molar-refractivity contribution >= 4 is 0 Å². The maximum Gasteiger partial charge on any atom is 0.0696 e. The number of hydrogen-bond donors (Lipinski definition) is 1. The maximum absolute atomic E-state index is 10.5. The van der Waals surface area contributed by atoms with E-state index >= 15 is 0 Å². The molecule has 15 heavy (non-hydrogen) atoms. The Labute approximate surface area is 94.0 Å². The van der Waals surface area contributed by atoms with Crippen LogP contribution in [0.1, 0.15) is 59.3 Å². The summed E-state index contributed by atoms with van der Waals surface area (Å²) in [6.45, 7) is 7.32. The monoisotopic (exact) mass is 214 g/mol. The molecule has 0 bridgehead atoms. The molecule has 0 aliphatic carbocycles. The van der Waals surface area contributed by atoms with Crippen LogP contribution in [0.15, 0.2) is 0 Å². The van der Waals surface area contributed by atoms with Gasteiger partial charge in [0.15, 0.2) is 0 Å². The van der Waals surface area contributed by atoms with Crippen molar-refractivity contribution < 1.29 is 9.84 Å². The summed E-state index contributed by atoms with van der Waals surface area (Å²) < 4.78 is 5.60. The molecule has 1 rings (SSSR count). The number of rotatable bonds is 5. The summed E-state index contributed by atoms with van der Waals surface area (Å²) in [6.07, 6.45) is 6.32. The Hall–Kier alpha value is -0.0800. The van der Waals surface area contributed by atoms with Crippen LogP contribution in [0.3, 0.4) is 0 Å². The van der Waals surface area contributed by atoms with E-state index in [0.29, 0.717) is 5.92 Å². The van der Waals surface area contributed by atoms with E-state index in [4.69, 9.17) is 4.74 Å². The van der Waals surface area contributed by atoms with E-state index in [2.05, 4.69) is 20.8 Å². The summed E-state index contributed by atoms with van der Waals surface area (Å²) >= 11 is 0. The third kappa shape index (κ3) is 4.12.